The number of benzene rings is 1. The molecular weight excluding hydrogens is 202 g/mol. The van der Waals surface area contributed by atoms with Gasteiger partial charge < -0.3 is 9.47 Å². The predicted molar refractivity (Wildman–Crippen MR) is 60.3 cm³/mol. The second-order valence-electron chi connectivity index (χ2n) is 4.38. The van der Waals surface area contributed by atoms with Crippen molar-refractivity contribution in [1.29, 1.82) is 5.26 Å². The van der Waals surface area contributed by atoms with Gasteiger partial charge in [-0.15, -0.1) is 0 Å². The van der Waals surface area contributed by atoms with Gasteiger partial charge in [0.15, 0.2) is 0 Å². The van der Waals surface area contributed by atoms with Crippen molar-refractivity contribution in [1.82, 2.24) is 0 Å². The molecule has 1 fully saturated rings. The molecule has 1 aromatic carbocycles. The van der Waals surface area contributed by atoms with E-state index in [-0.39, 0.29) is 5.41 Å². The highest BCUT2D eigenvalue weighted by Gasteiger charge is 2.39. The molecule has 0 spiro atoms. The summed E-state index contributed by atoms with van der Waals surface area (Å²) in [6.45, 7) is 3.10. The highest BCUT2D eigenvalue weighted by molar-refractivity contribution is 5.38. The van der Waals surface area contributed by atoms with Crippen LogP contribution >= 0.6 is 0 Å². The SMILES string of the molecule is COc1ccc(C)cc1CC1(C#N)COC1. The van der Waals surface area contributed by atoms with Crippen molar-refractivity contribution in [2.75, 3.05) is 20.3 Å². The van der Waals surface area contributed by atoms with Crippen LogP contribution in [0.15, 0.2) is 18.2 Å². The van der Waals surface area contributed by atoms with Crippen LogP contribution in [-0.2, 0) is 11.2 Å². The maximum absolute atomic E-state index is 9.16. The highest BCUT2D eigenvalue weighted by atomic mass is 16.5. The molecule has 1 saturated heterocycles. The van der Waals surface area contributed by atoms with Crippen molar-refractivity contribution in [3.63, 3.8) is 0 Å². The van der Waals surface area contributed by atoms with Crippen LogP contribution in [0.5, 0.6) is 5.75 Å². The van der Waals surface area contributed by atoms with Gasteiger partial charge >= 0.3 is 0 Å². The van der Waals surface area contributed by atoms with Crippen LogP contribution in [0.3, 0.4) is 0 Å². The Morgan fingerprint density at radius 2 is 2.25 bits per heavy atom. The Labute approximate surface area is 95.6 Å². The molecule has 16 heavy (non-hydrogen) atoms. The maximum atomic E-state index is 9.16. The zero-order valence-electron chi connectivity index (χ0n) is 9.62. The highest BCUT2D eigenvalue weighted by Crippen LogP contribution is 2.34. The second-order valence-corrected chi connectivity index (χ2v) is 4.38. The van der Waals surface area contributed by atoms with Gasteiger partial charge in [-0.25, -0.2) is 0 Å². The van der Waals surface area contributed by atoms with E-state index in [1.165, 1.54) is 5.56 Å². The molecule has 1 aliphatic rings. The van der Waals surface area contributed by atoms with E-state index in [4.69, 9.17) is 14.7 Å². The average Bonchev–Trinajstić information content (AvgIpc) is 2.24. The van der Waals surface area contributed by atoms with Crippen molar-refractivity contribution in [2.24, 2.45) is 5.41 Å². The third-order valence-electron chi connectivity index (χ3n) is 2.96. The number of aryl methyl sites for hydroxylation is 1. The first-order valence-electron chi connectivity index (χ1n) is 5.32. The summed E-state index contributed by atoms with van der Waals surface area (Å²) in [7, 11) is 1.66. The quantitative estimate of drug-likeness (QED) is 0.778. The van der Waals surface area contributed by atoms with Gasteiger partial charge in [0.1, 0.15) is 11.2 Å². The predicted octanol–water partition coefficient (Wildman–Crippen LogP) is 2.09. The molecule has 84 valence electrons. The molecule has 1 aliphatic heterocycles. The average molecular weight is 217 g/mol. The van der Waals surface area contributed by atoms with Gasteiger partial charge in [-0.3, -0.25) is 0 Å². The van der Waals surface area contributed by atoms with Crippen LogP contribution in [0.2, 0.25) is 0 Å². The Hall–Kier alpha value is -1.53. The molecule has 2 rings (SSSR count). The van der Waals surface area contributed by atoms with Gasteiger partial charge in [0.2, 0.25) is 0 Å². The van der Waals surface area contributed by atoms with Gasteiger partial charge in [-0.2, -0.15) is 5.26 Å². The monoisotopic (exact) mass is 217 g/mol. The van der Waals surface area contributed by atoms with Crippen LogP contribution in [0.4, 0.5) is 0 Å². The lowest BCUT2D eigenvalue weighted by atomic mass is 9.81. The molecular formula is C13H15NO2. The van der Waals surface area contributed by atoms with E-state index in [1.807, 2.05) is 19.1 Å². The summed E-state index contributed by atoms with van der Waals surface area (Å²) in [5, 5.41) is 9.16. The van der Waals surface area contributed by atoms with Crippen molar-refractivity contribution in [3.8, 4) is 11.8 Å². The van der Waals surface area contributed by atoms with Gasteiger partial charge in [0.05, 0.1) is 26.4 Å². The minimum absolute atomic E-state index is 0.346. The number of methoxy groups -OCH3 is 1. The number of hydrogen-bond donors (Lipinski definition) is 0. The van der Waals surface area contributed by atoms with Crippen LogP contribution in [0.1, 0.15) is 11.1 Å². The summed E-state index contributed by atoms with van der Waals surface area (Å²) in [6, 6.07) is 8.40. The summed E-state index contributed by atoms with van der Waals surface area (Å²) in [6.07, 6.45) is 0.703. The lowest BCUT2D eigenvalue weighted by Gasteiger charge is -2.35. The molecule has 0 saturated carbocycles. The molecule has 1 heterocycles. The largest absolute Gasteiger partial charge is 0.496 e. The van der Waals surface area contributed by atoms with Gasteiger partial charge in [-0.1, -0.05) is 17.7 Å². The molecule has 0 bridgehead atoms. The Morgan fingerprint density at radius 1 is 1.50 bits per heavy atom. The zero-order chi connectivity index (χ0) is 11.6. The van der Waals surface area contributed by atoms with E-state index < -0.39 is 0 Å². The zero-order valence-corrected chi connectivity index (χ0v) is 9.62. The van der Waals surface area contributed by atoms with E-state index >= 15 is 0 Å². The molecule has 3 nitrogen and oxygen atoms in total. The lowest BCUT2D eigenvalue weighted by molar-refractivity contribution is -0.0767. The minimum atomic E-state index is -0.346. The molecule has 0 N–H and O–H groups in total. The minimum Gasteiger partial charge on any atom is -0.496 e. The van der Waals surface area contributed by atoms with Gasteiger partial charge in [0, 0.05) is 0 Å². The van der Waals surface area contributed by atoms with E-state index in [0.29, 0.717) is 19.6 Å². The molecule has 0 aromatic heterocycles. The molecule has 0 aliphatic carbocycles. The number of rotatable bonds is 3. The van der Waals surface area contributed by atoms with E-state index in [9.17, 15) is 0 Å². The molecule has 3 heteroatoms. The summed E-state index contributed by atoms with van der Waals surface area (Å²) in [5.41, 5.74) is 1.93. The van der Waals surface area contributed by atoms with Crippen LogP contribution in [-0.4, -0.2) is 20.3 Å². The molecule has 0 amide bonds. The summed E-state index contributed by atoms with van der Waals surface area (Å²) >= 11 is 0. The van der Waals surface area contributed by atoms with E-state index in [1.54, 1.807) is 7.11 Å². The van der Waals surface area contributed by atoms with E-state index in [2.05, 4.69) is 12.1 Å². The summed E-state index contributed by atoms with van der Waals surface area (Å²) < 4.78 is 10.5. The van der Waals surface area contributed by atoms with Crippen molar-refractivity contribution in [2.45, 2.75) is 13.3 Å². The maximum Gasteiger partial charge on any atom is 0.122 e. The first-order chi connectivity index (χ1) is 7.69. The Balaban J connectivity index is 2.26. The fourth-order valence-electron chi connectivity index (χ4n) is 1.96. The standard InChI is InChI=1S/C13H15NO2/c1-10-3-4-12(15-2)11(5-10)6-13(7-14)8-16-9-13/h3-5H,6,8-9H2,1-2H3. The number of nitriles is 1. The Bertz CT molecular complexity index is 430. The van der Waals surface area contributed by atoms with E-state index in [0.717, 1.165) is 11.3 Å². The fourth-order valence-corrected chi connectivity index (χ4v) is 1.96. The van der Waals surface area contributed by atoms with Crippen molar-refractivity contribution >= 4 is 0 Å². The normalized spacial score (nSPS) is 17.3. The third kappa shape index (κ3) is 1.89. The van der Waals surface area contributed by atoms with Crippen molar-refractivity contribution in [3.05, 3.63) is 29.3 Å². The van der Waals surface area contributed by atoms with Crippen LogP contribution < -0.4 is 4.74 Å². The van der Waals surface area contributed by atoms with Gasteiger partial charge in [-0.05, 0) is 25.0 Å². The first kappa shape index (κ1) is 11.0. The Kier molecular flexibility index (Phi) is 2.84. The summed E-state index contributed by atoms with van der Waals surface area (Å²) in [4.78, 5) is 0. The van der Waals surface area contributed by atoms with Crippen LogP contribution in [0, 0.1) is 23.7 Å². The lowest BCUT2D eigenvalue weighted by Crippen LogP contribution is -2.43. The molecule has 0 radical (unpaired) electrons. The second kappa shape index (κ2) is 4.15. The topological polar surface area (TPSA) is 42.2 Å². The third-order valence-corrected chi connectivity index (χ3v) is 2.96. The fraction of sp³-hybridized carbons (Fsp3) is 0.462. The van der Waals surface area contributed by atoms with Gasteiger partial charge in [0.25, 0.3) is 0 Å². The van der Waals surface area contributed by atoms with Crippen LogP contribution in [0.25, 0.3) is 0 Å². The first-order valence-corrected chi connectivity index (χ1v) is 5.32. The molecule has 0 atom stereocenters. The smallest absolute Gasteiger partial charge is 0.122 e. The Morgan fingerprint density at radius 3 is 2.75 bits per heavy atom. The molecule has 1 aromatic rings. The number of ether oxygens (including phenoxy) is 2. The number of hydrogen-bond acceptors (Lipinski definition) is 3. The van der Waals surface area contributed by atoms with Crippen molar-refractivity contribution < 1.29 is 9.47 Å². The summed E-state index contributed by atoms with van der Waals surface area (Å²) in [5.74, 6) is 0.854. The number of nitrogens with zero attached hydrogens (tertiary/aromatic N) is 1. The molecule has 0 unspecified atom stereocenters.